The van der Waals surface area contributed by atoms with Crippen molar-refractivity contribution in [2.75, 3.05) is 6.54 Å². The lowest BCUT2D eigenvalue weighted by Crippen LogP contribution is -2.40. The summed E-state index contributed by atoms with van der Waals surface area (Å²) in [4.78, 5) is 13.1. The Morgan fingerprint density at radius 3 is 3.08 bits per heavy atom. The van der Waals surface area contributed by atoms with Crippen LogP contribution in [0.15, 0.2) is 5.16 Å². The van der Waals surface area contributed by atoms with Gasteiger partial charge in [0, 0.05) is 31.8 Å². The van der Waals surface area contributed by atoms with Crippen molar-refractivity contribution in [2.24, 2.45) is 5.16 Å². The minimum Gasteiger partial charge on any atom is -0.411 e. The summed E-state index contributed by atoms with van der Waals surface area (Å²) < 4.78 is 0. The highest BCUT2D eigenvalue weighted by atomic mass is 16.4. The minimum absolute atomic E-state index is 0.261. The average molecular weight is 168 g/mol. The van der Waals surface area contributed by atoms with Gasteiger partial charge in [0.05, 0.1) is 5.71 Å². The predicted octanol–water partition coefficient (Wildman–Crippen LogP) is 0.601. The molecule has 66 valence electrons. The van der Waals surface area contributed by atoms with Gasteiger partial charge < -0.3 is 10.1 Å². The number of fused-ring (bicyclic) bond motifs is 1. The molecule has 1 amide bonds. The maximum absolute atomic E-state index is 11.2. The van der Waals surface area contributed by atoms with Gasteiger partial charge in [0.15, 0.2) is 0 Å². The van der Waals surface area contributed by atoms with Crippen LogP contribution in [0.4, 0.5) is 0 Å². The van der Waals surface area contributed by atoms with E-state index in [2.05, 4.69) is 5.16 Å². The highest BCUT2D eigenvalue weighted by Crippen LogP contribution is 2.26. The summed E-state index contributed by atoms with van der Waals surface area (Å²) in [6, 6.07) is 0.317. The van der Waals surface area contributed by atoms with E-state index < -0.39 is 0 Å². The molecule has 2 rings (SSSR count). The molecular weight excluding hydrogens is 156 g/mol. The second-order valence-electron chi connectivity index (χ2n) is 3.40. The molecule has 1 N–H and O–H groups in total. The van der Waals surface area contributed by atoms with E-state index in [-0.39, 0.29) is 5.91 Å². The van der Waals surface area contributed by atoms with Crippen LogP contribution in [0, 0.1) is 0 Å². The Hall–Kier alpha value is -1.06. The van der Waals surface area contributed by atoms with Crippen molar-refractivity contribution in [1.29, 1.82) is 0 Å². The summed E-state index contributed by atoms with van der Waals surface area (Å²) in [7, 11) is 0. The van der Waals surface area contributed by atoms with Gasteiger partial charge in [-0.3, -0.25) is 4.79 Å². The predicted molar refractivity (Wildman–Crippen MR) is 43.2 cm³/mol. The monoisotopic (exact) mass is 168 g/mol. The van der Waals surface area contributed by atoms with Crippen LogP contribution < -0.4 is 0 Å². The molecule has 4 nitrogen and oxygen atoms in total. The van der Waals surface area contributed by atoms with Crippen molar-refractivity contribution >= 4 is 11.6 Å². The van der Waals surface area contributed by atoms with Crippen LogP contribution in [-0.2, 0) is 4.79 Å². The first-order chi connectivity index (χ1) is 5.81. The number of hydrogen-bond donors (Lipinski definition) is 1. The van der Waals surface area contributed by atoms with Gasteiger partial charge in [-0.2, -0.15) is 0 Å². The average Bonchev–Trinajstić information content (AvgIpc) is 2.47. The van der Waals surface area contributed by atoms with Gasteiger partial charge in [0.2, 0.25) is 5.91 Å². The molecular formula is C8H12N2O2. The Bertz CT molecular complexity index is 237. The first-order valence-corrected chi connectivity index (χ1v) is 4.30. The van der Waals surface area contributed by atoms with Crippen molar-refractivity contribution < 1.29 is 10.0 Å². The summed E-state index contributed by atoms with van der Waals surface area (Å²) in [5.41, 5.74) is 0.839. The number of hydrogen-bond acceptors (Lipinski definition) is 3. The van der Waals surface area contributed by atoms with Crippen LogP contribution >= 0.6 is 0 Å². The molecule has 2 heterocycles. The SMILES string of the molecule is O=C1CC[C@@H]2C/C(=N\O)CCN12. The zero-order valence-corrected chi connectivity index (χ0v) is 6.86. The molecule has 2 fully saturated rings. The molecule has 0 bridgehead atoms. The molecule has 0 saturated carbocycles. The van der Waals surface area contributed by atoms with Crippen LogP contribution in [-0.4, -0.2) is 34.3 Å². The van der Waals surface area contributed by atoms with Gasteiger partial charge in [-0.1, -0.05) is 5.16 Å². The second-order valence-corrected chi connectivity index (χ2v) is 3.40. The fourth-order valence-corrected chi connectivity index (χ4v) is 2.03. The molecule has 4 heteroatoms. The molecule has 0 spiro atoms. The van der Waals surface area contributed by atoms with Crippen LogP contribution in [0.3, 0.4) is 0 Å². The lowest BCUT2D eigenvalue weighted by atomic mass is 10.0. The first kappa shape index (κ1) is 7.58. The van der Waals surface area contributed by atoms with Crippen molar-refractivity contribution in [3.8, 4) is 0 Å². The van der Waals surface area contributed by atoms with E-state index >= 15 is 0 Å². The van der Waals surface area contributed by atoms with E-state index in [4.69, 9.17) is 5.21 Å². The topological polar surface area (TPSA) is 52.9 Å². The maximum atomic E-state index is 11.2. The molecule has 0 aromatic heterocycles. The van der Waals surface area contributed by atoms with Crippen molar-refractivity contribution in [3.05, 3.63) is 0 Å². The van der Waals surface area contributed by atoms with Gasteiger partial charge in [0.1, 0.15) is 0 Å². The van der Waals surface area contributed by atoms with Crippen LogP contribution in [0.2, 0.25) is 0 Å². The number of amides is 1. The van der Waals surface area contributed by atoms with E-state index in [0.717, 1.165) is 31.5 Å². The summed E-state index contributed by atoms with van der Waals surface area (Å²) in [6.07, 6.45) is 3.10. The standard InChI is InChI=1S/C8H12N2O2/c11-8-2-1-7-5-6(9-12)3-4-10(7)8/h7,12H,1-5H2/b9-6-/t7-/m1/s1. The zero-order valence-electron chi connectivity index (χ0n) is 6.86. The van der Waals surface area contributed by atoms with Gasteiger partial charge in [-0.05, 0) is 6.42 Å². The fraction of sp³-hybridized carbons (Fsp3) is 0.750. The third kappa shape index (κ3) is 1.07. The molecule has 0 radical (unpaired) electrons. The molecule has 2 aliphatic rings. The Labute approximate surface area is 70.8 Å². The number of carbonyl (C=O) groups excluding carboxylic acids is 1. The fourth-order valence-electron chi connectivity index (χ4n) is 2.03. The molecule has 12 heavy (non-hydrogen) atoms. The summed E-state index contributed by atoms with van der Waals surface area (Å²) in [5.74, 6) is 0.261. The number of piperidine rings is 1. The third-order valence-electron chi connectivity index (χ3n) is 2.71. The molecule has 0 unspecified atom stereocenters. The number of oxime groups is 1. The van der Waals surface area contributed by atoms with Gasteiger partial charge in [-0.25, -0.2) is 0 Å². The van der Waals surface area contributed by atoms with Crippen molar-refractivity contribution in [2.45, 2.75) is 31.7 Å². The smallest absolute Gasteiger partial charge is 0.222 e. The number of rotatable bonds is 0. The van der Waals surface area contributed by atoms with Crippen LogP contribution in [0.5, 0.6) is 0 Å². The molecule has 0 aliphatic carbocycles. The van der Waals surface area contributed by atoms with E-state index in [0.29, 0.717) is 12.5 Å². The maximum Gasteiger partial charge on any atom is 0.222 e. The number of nitrogens with zero attached hydrogens (tertiary/aromatic N) is 2. The Morgan fingerprint density at radius 1 is 1.50 bits per heavy atom. The van der Waals surface area contributed by atoms with E-state index in [9.17, 15) is 4.79 Å². The Morgan fingerprint density at radius 2 is 2.33 bits per heavy atom. The van der Waals surface area contributed by atoms with Crippen molar-refractivity contribution in [3.63, 3.8) is 0 Å². The highest BCUT2D eigenvalue weighted by Gasteiger charge is 2.34. The zero-order chi connectivity index (χ0) is 8.55. The molecule has 1 atom stereocenters. The third-order valence-corrected chi connectivity index (χ3v) is 2.71. The Balaban J connectivity index is 2.09. The van der Waals surface area contributed by atoms with Crippen LogP contribution in [0.25, 0.3) is 0 Å². The highest BCUT2D eigenvalue weighted by molar-refractivity contribution is 5.89. The van der Waals surface area contributed by atoms with Crippen molar-refractivity contribution in [1.82, 2.24) is 4.90 Å². The largest absolute Gasteiger partial charge is 0.411 e. The quantitative estimate of drug-likeness (QED) is 0.425. The lowest BCUT2D eigenvalue weighted by Gasteiger charge is -2.29. The summed E-state index contributed by atoms with van der Waals surface area (Å²) >= 11 is 0. The minimum atomic E-state index is 0.261. The van der Waals surface area contributed by atoms with Gasteiger partial charge in [-0.15, -0.1) is 0 Å². The van der Waals surface area contributed by atoms with E-state index in [1.165, 1.54) is 0 Å². The van der Waals surface area contributed by atoms with Gasteiger partial charge >= 0.3 is 0 Å². The Kier molecular flexibility index (Phi) is 1.75. The van der Waals surface area contributed by atoms with E-state index in [1.807, 2.05) is 4.90 Å². The molecule has 2 saturated heterocycles. The van der Waals surface area contributed by atoms with Crippen LogP contribution in [0.1, 0.15) is 25.7 Å². The second kappa shape index (κ2) is 2.77. The normalized spacial score (nSPS) is 32.7. The summed E-state index contributed by atoms with van der Waals surface area (Å²) in [5, 5.41) is 11.8. The summed E-state index contributed by atoms with van der Waals surface area (Å²) in [6.45, 7) is 0.739. The first-order valence-electron chi connectivity index (χ1n) is 4.30. The van der Waals surface area contributed by atoms with Gasteiger partial charge in [0.25, 0.3) is 0 Å². The van der Waals surface area contributed by atoms with E-state index in [1.54, 1.807) is 0 Å². The number of carbonyl (C=O) groups is 1. The molecule has 0 aromatic carbocycles. The lowest BCUT2D eigenvalue weighted by molar-refractivity contribution is -0.129. The molecule has 0 aromatic rings. The molecule has 2 aliphatic heterocycles.